The highest BCUT2D eigenvalue weighted by atomic mass is 19.1. The topological polar surface area (TPSA) is 58.4 Å². The molecule has 5 heteroatoms. The predicted molar refractivity (Wildman–Crippen MR) is 81.2 cm³/mol. The minimum atomic E-state index is -0.222. The fourth-order valence-electron chi connectivity index (χ4n) is 2.63. The number of nitrogens with zero attached hydrogens (tertiary/aromatic N) is 1. The van der Waals surface area contributed by atoms with Crippen LogP contribution in [0, 0.1) is 18.7 Å². The van der Waals surface area contributed by atoms with Crippen molar-refractivity contribution in [2.24, 2.45) is 11.7 Å². The van der Waals surface area contributed by atoms with E-state index >= 15 is 0 Å². The van der Waals surface area contributed by atoms with Gasteiger partial charge in [-0.3, -0.25) is 9.69 Å². The first kappa shape index (κ1) is 15.9. The van der Waals surface area contributed by atoms with Crippen molar-refractivity contribution in [3.8, 4) is 0 Å². The van der Waals surface area contributed by atoms with Crippen LogP contribution in [0.2, 0.25) is 0 Å². The minimum absolute atomic E-state index is 0.0291. The quantitative estimate of drug-likeness (QED) is 0.799. The highest BCUT2D eigenvalue weighted by Crippen LogP contribution is 2.34. The van der Waals surface area contributed by atoms with Gasteiger partial charge in [-0.2, -0.15) is 0 Å². The van der Waals surface area contributed by atoms with Crippen LogP contribution in [0.3, 0.4) is 0 Å². The van der Waals surface area contributed by atoms with Crippen molar-refractivity contribution >= 4 is 5.91 Å². The summed E-state index contributed by atoms with van der Waals surface area (Å²) in [6.07, 6.45) is 2.42. The first-order chi connectivity index (χ1) is 10.0. The van der Waals surface area contributed by atoms with Crippen LogP contribution in [-0.4, -0.2) is 37.0 Å². The Morgan fingerprint density at radius 1 is 1.52 bits per heavy atom. The Kier molecular flexibility index (Phi) is 5.31. The molecule has 2 rings (SSSR count). The summed E-state index contributed by atoms with van der Waals surface area (Å²) in [6, 6.07) is 5.18. The molecular weight excluding hydrogens is 269 g/mol. The van der Waals surface area contributed by atoms with E-state index in [4.69, 9.17) is 5.73 Å². The number of aryl methyl sites for hydroxylation is 1. The van der Waals surface area contributed by atoms with Crippen LogP contribution < -0.4 is 11.1 Å². The van der Waals surface area contributed by atoms with Gasteiger partial charge in [-0.05, 0) is 49.9 Å². The number of nitrogens with two attached hydrogens (primary N) is 1. The minimum Gasteiger partial charge on any atom is -0.351 e. The lowest BCUT2D eigenvalue weighted by molar-refractivity contribution is -0.122. The number of likely N-dealkylation sites (N-methyl/N-ethyl adjacent to an activating group) is 1. The second kappa shape index (κ2) is 7.00. The summed E-state index contributed by atoms with van der Waals surface area (Å²) in [5.74, 6) is 0.395. The lowest BCUT2D eigenvalue weighted by atomic mass is 10.1. The fraction of sp³-hybridized carbons (Fsp3) is 0.562. The van der Waals surface area contributed by atoms with Gasteiger partial charge < -0.3 is 11.1 Å². The molecule has 1 atom stereocenters. The molecule has 1 aliphatic carbocycles. The standard InChI is InChI=1S/C16H24FN3O/c1-11-7-12(3-6-14(11)17)9-19-16(21)10-20(2)15(8-18)13-4-5-13/h3,6-7,13,15H,4-5,8-10,18H2,1-2H3,(H,19,21). The van der Waals surface area contributed by atoms with E-state index in [2.05, 4.69) is 5.32 Å². The van der Waals surface area contributed by atoms with Crippen molar-refractivity contribution in [1.82, 2.24) is 10.2 Å². The van der Waals surface area contributed by atoms with E-state index in [1.807, 2.05) is 11.9 Å². The van der Waals surface area contributed by atoms with Gasteiger partial charge in [-0.25, -0.2) is 4.39 Å². The molecule has 0 bridgehead atoms. The summed E-state index contributed by atoms with van der Waals surface area (Å²) in [4.78, 5) is 14.0. The van der Waals surface area contributed by atoms with Gasteiger partial charge in [-0.15, -0.1) is 0 Å². The molecule has 0 spiro atoms. The van der Waals surface area contributed by atoms with Crippen molar-refractivity contribution in [3.63, 3.8) is 0 Å². The molecule has 1 aromatic carbocycles. The maximum atomic E-state index is 13.2. The number of nitrogens with one attached hydrogen (secondary N) is 1. The van der Waals surface area contributed by atoms with Gasteiger partial charge in [-0.1, -0.05) is 12.1 Å². The Morgan fingerprint density at radius 3 is 2.81 bits per heavy atom. The average molecular weight is 293 g/mol. The maximum absolute atomic E-state index is 13.2. The van der Waals surface area contributed by atoms with Gasteiger partial charge in [0.25, 0.3) is 0 Å². The van der Waals surface area contributed by atoms with Gasteiger partial charge in [0.05, 0.1) is 6.54 Å². The van der Waals surface area contributed by atoms with Crippen LogP contribution >= 0.6 is 0 Å². The zero-order chi connectivity index (χ0) is 15.4. The highest BCUT2D eigenvalue weighted by molar-refractivity contribution is 5.78. The Morgan fingerprint density at radius 2 is 2.24 bits per heavy atom. The maximum Gasteiger partial charge on any atom is 0.234 e. The average Bonchev–Trinajstić information content (AvgIpc) is 3.25. The van der Waals surface area contributed by atoms with Gasteiger partial charge in [0.15, 0.2) is 0 Å². The third kappa shape index (κ3) is 4.51. The Bertz CT molecular complexity index is 502. The number of benzene rings is 1. The normalized spacial score (nSPS) is 16.0. The SMILES string of the molecule is Cc1cc(CNC(=O)CN(C)C(CN)C2CC2)ccc1F. The largest absolute Gasteiger partial charge is 0.351 e. The summed E-state index contributed by atoms with van der Waals surface area (Å²) in [6.45, 7) is 3.07. The number of amides is 1. The van der Waals surface area contributed by atoms with E-state index in [0.717, 1.165) is 5.56 Å². The molecule has 116 valence electrons. The summed E-state index contributed by atoms with van der Waals surface area (Å²) in [7, 11) is 1.94. The molecule has 1 unspecified atom stereocenters. The second-order valence-corrected chi connectivity index (χ2v) is 5.92. The summed E-state index contributed by atoms with van der Waals surface area (Å²) < 4.78 is 13.2. The molecule has 1 saturated carbocycles. The van der Waals surface area contributed by atoms with Crippen LogP contribution in [0.25, 0.3) is 0 Å². The van der Waals surface area contributed by atoms with E-state index in [9.17, 15) is 9.18 Å². The molecule has 4 nitrogen and oxygen atoms in total. The Hall–Kier alpha value is -1.46. The van der Waals surface area contributed by atoms with E-state index < -0.39 is 0 Å². The van der Waals surface area contributed by atoms with Crippen LogP contribution in [0.5, 0.6) is 0 Å². The van der Waals surface area contributed by atoms with Crippen molar-refractivity contribution < 1.29 is 9.18 Å². The number of hydrogen-bond acceptors (Lipinski definition) is 3. The van der Waals surface area contributed by atoms with E-state index in [1.165, 1.54) is 18.9 Å². The summed E-state index contributed by atoms with van der Waals surface area (Å²) in [5, 5.41) is 2.87. The molecule has 1 amide bonds. The molecule has 0 radical (unpaired) electrons. The predicted octanol–water partition coefficient (Wildman–Crippen LogP) is 1.42. The zero-order valence-corrected chi connectivity index (χ0v) is 12.7. The van der Waals surface area contributed by atoms with Crippen LogP contribution in [-0.2, 0) is 11.3 Å². The first-order valence-electron chi connectivity index (χ1n) is 7.43. The highest BCUT2D eigenvalue weighted by Gasteiger charge is 2.33. The molecule has 0 aromatic heterocycles. The molecule has 0 saturated heterocycles. The number of carbonyl (C=O) groups excluding carboxylic acids is 1. The van der Waals surface area contributed by atoms with Crippen LogP contribution in [0.4, 0.5) is 4.39 Å². The van der Waals surface area contributed by atoms with Crippen LogP contribution in [0.15, 0.2) is 18.2 Å². The van der Waals surface area contributed by atoms with Gasteiger partial charge in [0, 0.05) is 19.1 Å². The van der Waals surface area contributed by atoms with Gasteiger partial charge in [0.2, 0.25) is 5.91 Å². The van der Waals surface area contributed by atoms with Crippen molar-refractivity contribution in [3.05, 3.63) is 35.1 Å². The lowest BCUT2D eigenvalue weighted by Crippen LogP contribution is -2.44. The Labute approximate surface area is 125 Å². The van der Waals surface area contributed by atoms with Gasteiger partial charge in [0.1, 0.15) is 5.82 Å². The van der Waals surface area contributed by atoms with Crippen molar-refractivity contribution in [2.75, 3.05) is 20.1 Å². The van der Waals surface area contributed by atoms with Crippen LogP contribution in [0.1, 0.15) is 24.0 Å². The third-order valence-electron chi connectivity index (χ3n) is 4.08. The molecular formula is C16H24FN3O. The zero-order valence-electron chi connectivity index (χ0n) is 12.7. The second-order valence-electron chi connectivity index (χ2n) is 5.92. The van der Waals surface area contributed by atoms with Crippen molar-refractivity contribution in [2.45, 2.75) is 32.4 Å². The Balaban J connectivity index is 1.79. The number of hydrogen-bond donors (Lipinski definition) is 2. The molecule has 1 aliphatic rings. The molecule has 1 fully saturated rings. The van der Waals surface area contributed by atoms with E-state index in [1.54, 1.807) is 19.1 Å². The number of rotatable bonds is 7. The van der Waals surface area contributed by atoms with E-state index in [0.29, 0.717) is 37.2 Å². The molecule has 0 aliphatic heterocycles. The molecule has 1 aromatic rings. The summed E-state index contributed by atoms with van der Waals surface area (Å²) in [5.41, 5.74) is 7.28. The van der Waals surface area contributed by atoms with Crippen molar-refractivity contribution in [1.29, 1.82) is 0 Å². The van der Waals surface area contributed by atoms with Gasteiger partial charge >= 0.3 is 0 Å². The fourth-order valence-corrected chi connectivity index (χ4v) is 2.63. The lowest BCUT2D eigenvalue weighted by Gasteiger charge is -2.26. The smallest absolute Gasteiger partial charge is 0.234 e. The molecule has 21 heavy (non-hydrogen) atoms. The third-order valence-corrected chi connectivity index (χ3v) is 4.08. The summed E-state index contributed by atoms with van der Waals surface area (Å²) >= 11 is 0. The molecule has 3 N–H and O–H groups in total. The van der Waals surface area contributed by atoms with E-state index in [-0.39, 0.29) is 11.7 Å². The molecule has 0 heterocycles. The first-order valence-corrected chi connectivity index (χ1v) is 7.43. The monoisotopic (exact) mass is 293 g/mol. The number of carbonyl (C=O) groups is 1. The number of halogens is 1.